The minimum absolute atomic E-state index is 1.23. The van der Waals surface area contributed by atoms with Crippen LogP contribution < -0.4 is 0 Å². The Kier molecular flexibility index (Phi) is 6.79. The van der Waals surface area contributed by atoms with E-state index in [4.69, 9.17) is 0 Å². The first kappa shape index (κ1) is 16.1. The van der Waals surface area contributed by atoms with E-state index in [0.717, 1.165) is 0 Å². The number of hydrogen-bond donors (Lipinski definition) is 0. The first-order valence-electron chi connectivity index (χ1n) is 8.79. The minimum Gasteiger partial charge on any atom is -0.0654 e. The number of benzene rings is 2. The van der Waals surface area contributed by atoms with E-state index in [1.54, 1.807) is 0 Å². The molecular weight excluding hydrogens is 252 g/mol. The summed E-state index contributed by atoms with van der Waals surface area (Å²) in [5.41, 5.74) is 2.90. The van der Waals surface area contributed by atoms with Crippen molar-refractivity contribution in [2.45, 2.75) is 71.6 Å². The molecule has 0 atom stereocenters. The molecule has 0 aliphatic carbocycles. The Balaban J connectivity index is 1.77. The zero-order valence-electron chi connectivity index (χ0n) is 13.8. The van der Waals surface area contributed by atoms with Gasteiger partial charge in [-0.15, -0.1) is 0 Å². The molecule has 0 nitrogen and oxygen atoms in total. The molecule has 0 aromatic heterocycles. The van der Waals surface area contributed by atoms with Crippen molar-refractivity contribution in [3.8, 4) is 0 Å². The van der Waals surface area contributed by atoms with Gasteiger partial charge in [-0.05, 0) is 36.1 Å². The molecule has 0 spiro atoms. The van der Waals surface area contributed by atoms with Crippen LogP contribution in [0, 0.1) is 6.92 Å². The lowest BCUT2D eigenvalue weighted by Gasteiger charge is -2.08. The van der Waals surface area contributed by atoms with Gasteiger partial charge in [0.1, 0.15) is 0 Å². The summed E-state index contributed by atoms with van der Waals surface area (Å²) < 4.78 is 0. The molecule has 0 bridgehead atoms. The van der Waals surface area contributed by atoms with Gasteiger partial charge < -0.3 is 0 Å². The first-order chi connectivity index (χ1) is 10.3. The maximum Gasteiger partial charge on any atom is -0.0149 e. The molecule has 0 heterocycles. The molecule has 0 N–H and O–H groups in total. The molecule has 0 aliphatic heterocycles. The lowest BCUT2D eigenvalue weighted by atomic mass is 9.98. The van der Waals surface area contributed by atoms with E-state index in [0.29, 0.717) is 0 Å². The van der Waals surface area contributed by atoms with E-state index in [-0.39, 0.29) is 0 Å². The van der Waals surface area contributed by atoms with Crippen molar-refractivity contribution in [1.82, 2.24) is 0 Å². The van der Waals surface area contributed by atoms with Crippen LogP contribution in [-0.4, -0.2) is 0 Å². The lowest BCUT2D eigenvalue weighted by Crippen LogP contribution is -1.89. The van der Waals surface area contributed by atoms with E-state index in [1.807, 2.05) is 0 Å². The highest BCUT2D eigenvalue weighted by atomic mass is 14.1. The van der Waals surface area contributed by atoms with E-state index in [2.05, 4.69) is 50.2 Å². The Morgan fingerprint density at radius 1 is 0.762 bits per heavy atom. The maximum absolute atomic E-state index is 2.34. The van der Waals surface area contributed by atoms with Crippen LogP contribution in [0.15, 0.2) is 36.4 Å². The van der Waals surface area contributed by atoms with E-state index < -0.39 is 0 Å². The zero-order valence-corrected chi connectivity index (χ0v) is 13.8. The summed E-state index contributed by atoms with van der Waals surface area (Å²) in [4.78, 5) is 0. The average molecular weight is 282 g/mol. The second-order valence-electron chi connectivity index (χ2n) is 6.37. The van der Waals surface area contributed by atoms with E-state index in [9.17, 15) is 0 Å². The van der Waals surface area contributed by atoms with Crippen molar-refractivity contribution in [3.63, 3.8) is 0 Å². The van der Waals surface area contributed by atoms with Crippen LogP contribution in [0.3, 0.4) is 0 Å². The van der Waals surface area contributed by atoms with Crippen LogP contribution in [0.25, 0.3) is 10.8 Å². The number of rotatable bonds is 9. The molecule has 0 radical (unpaired) electrons. The fourth-order valence-corrected chi connectivity index (χ4v) is 3.12. The zero-order chi connectivity index (χ0) is 14.9. The van der Waals surface area contributed by atoms with Crippen molar-refractivity contribution in [1.29, 1.82) is 0 Å². The Labute approximate surface area is 130 Å². The Morgan fingerprint density at radius 3 is 2.24 bits per heavy atom. The maximum atomic E-state index is 2.34. The topological polar surface area (TPSA) is 0 Å². The van der Waals surface area contributed by atoms with Crippen molar-refractivity contribution in [3.05, 3.63) is 47.5 Å². The molecule has 0 saturated heterocycles. The van der Waals surface area contributed by atoms with E-state index in [1.165, 1.54) is 79.7 Å². The summed E-state index contributed by atoms with van der Waals surface area (Å²) in [6.07, 6.45) is 12.4. The molecule has 2 aromatic rings. The van der Waals surface area contributed by atoms with Crippen LogP contribution in [0.4, 0.5) is 0 Å². The van der Waals surface area contributed by atoms with E-state index >= 15 is 0 Å². The summed E-state index contributed by atoms with van der Waals surface area (Å²) in [7, 11) is 0. The van der Waals surface area contributed by atoms with Gasteiger partial charge in [0.2, 0.25) is 0 Å². The number of hydrogen-bond acceptors (Lipinski definition) is 0. The highest BCUT2D eigenvalue weighted by molar-refractivity contribution is 5.86. The monoisotopic (exact) mass is 282 g/mol. The van der Waals surface area contributed by atoms with Gasteiger partial charge in [0.25, 0.3) is 0 Å². The standard InChI is InChI=1S/C21H30/c1-3-4-5-6-7-8-9-10-12-19-13-11-14-20-16-15-18(2)17-21(19)20/h11,13-17H,3-10,12H2,1-2H3. The van der Waals surface area contributed by atoms with Gasteiger partial charge in [0.15, 0.2) is 0 Å². The summed E-state index contributed by atoms with van der Waals surface area (Å²) in [6, 6.07) is 13.5. The number of aryl methyl sites for hydroxylation is 2. The molecule has 2 aromatic carbocycles. The molecule has 21 heavy (non-hydrogen) atoms. The van der Waals surface area contributed by atoms with Crippen molar-refractivity contribution < 1.29 is 0 Å². The van der Waals surface area contributed by atoms with Crippen molar-refractivity contribution in [2.24, 2.45) is 0 Å². The van der Waals surface area contributed by atoms with Gasteiger partial charge in [0.05, 0.1) is 0 Å². The molecule has 0 saturated carbocycles. The highest BCUT2D eigenvalue weighted by Gasteiger charge is 2.01. The van der Waals surface area contributed by atoms with Crippen molar-refractivity contribution in [2.75, 3.05) is 0 Å². The van der Waals surface area contributed by atoms with Gasteiger partial charge >= 0.3 is 0 Å². The van der Waals surface area contributed by atoms with Gasteiger partial charge in [-0.1, -0.05) is 93.8 Å². The van der Waals surface area contributed by atoms with Crippen LogP contribution in [-0.2, 0) is 6.42 Å². The lowest BCUT2D eigenvalue weighted by molar-refractivity contribution is 0.576. The van der Waals surface area contributed by atoms with Gasteiger partial charge in [0, 0.05) is 0 Å². The van der Waals surface area contributed by atoms with Crippen molar-refractivity contribution >= 4 is 10.8 Å². The third-order valence-electron chi connectivity index (χ3n) is 4.43. The molecule has 0 unspecified atom stereocenters. The van der Waals surface area contributed by atoms with Gasteiger partial charge in [-0.3, -0.25) is 0 Å². The summed E-state index contributed by atoms with van der Waals surface area (Å²) in [5, 5.41) is 2.85. The van der Waals surface area contributed by atoms with Gasteiger partial charge in [-0.2, -0.15) is 0 Å². The summed E-state index contributed by atoms with van der Waals surface area (Å²) in [6.45, 7) is 4.47. The third-order valence-corrected chi connectivity index (χ3v) is 4.43. The smallest absolute Gasteiger partial charge is 0.0149 e. The second-order valence-corrected chi connectivity index (χ2v) is 6.37. The first-order valence-corrected chi connectivity index (χ1v) is 8.79. The Bertz CT molecular complexity index is 539. The number of fused-ring (bicyclic) bond motifs is 1. The fourth-order valence-electron chi connectivity index (χ4n) is 3.12. The molecule has 0 amide bonds. The molecule has 114 valence electrons. The quantitative estimate of drug-likeness (QED) is 0.442. The Morgan fingerprint density at radius 2 is 1.48 bits per heavy atom. The minimum atomic E-state index is 1.23. The second kappa shape index (κ2) is 8.87. The normalized spacial score (nSPS) is 11.1. The number of unbranched alkanes of at least 4 members (excludes halogenated alkanes) is 7. The predicted octanol–water partition coefficient (Wildman–Crippen LogP) is 6.83. The third kappa shape index (κ3) is 5.19. The largest absolute Gasteiger partial charge is 0.0654 e. The molecule has 0 aliphatic rings. The molecular formula is C21H30. The Hall–Kier alpha value is -1.30. The van der Waals surface area contributed by atoms with Gasteiger partial charge in [-0.25, -0.2) is 0 Å². The molecule has 2 rings (SSSR count). The molecule has 0 fully saturated rings. The summed E-state index contributed by atoms with van der Waals surface area (Å²) in [5.74, 6) is 0. The SMILES string of the molecule is CCCCCCCCCCc1cccc2ccc(C)cc12. The average Bonchev–Trinajstić information content (AvgIpc) is 2.50. The highest BCUT2D eigenvalue weighted by Crippen LogP contribution is 2.22. The van der Waals surface area contributed by atoms with Crippen LogP contribution in [0.5, 0.6) is 0 Å². The summed E-state index contributed by atoms with van der Waals surface area (Å²) >= 11 is 0. The fraction of sp³-hybridized carbons (Fsp3) is 0.524. The predicted molar refractivity (Wildman–Crippen MR) is 95.0 cm³/mol. The van der Waals surface area contributed by atoms with Crippen LogP contribution in [0.2, 0.25) is 0 Å². The van der Waals surface area contributed by atoms with Crippen LogP contribution in [0.1, 0.15) is 69.4 Å². The molecule has 0 heteroatoms. The van der Waals surface area contributed by atoms with Crippen LogP contribution >= 0.6 is 0 Å².